The van der Waals surface area contributed by atoms with Crippen LogP contribution in [0.2, 0.25) is 0 Å². The Morgan fingerprint density at radius 1 is 1.50 bits per heavy atom. The maximum Gasteiger partial charge on any atom is 0.397 e. The lowest BCUT2D eigenvalue weighted by Crippen LogP contribution is -2.32. The SMILES string of the molecule is O=C(CC(F)(F)F)N1CCC(CCl)C1. The second kappa shape index (κ2) is 4.38. The van der Waals surface area contributed by atoms with E-state index in [2.05, 4.69) is 0 Å². The highest BCUT2D eigenvalue weighted by Crippen LogP contribution is 2.24. The molecule has 1 aliphatic rings. The van der Waals surface area contributed by atoms with Crippen LogP contribution in [0.3, 0.4) is 0 Å². The van der Waals surface area contributed by atoms with Gasteiger partial charge in [0.05, 0.1) is 0 Å². The Labute approximate surface area is 85.0 Å². The molecule has 2 nitrogen and oxygen atoms in total. The van der Waals surface area contributed by atoms with Gasteiger partial charge in [0.2, 0.25) is 5.91 Å². The molecule has 1 amide bonds. The normalized spacial score (nSPS) is 22.9. The quantitative estimate of drug-likeness (QED) is 0.664. The van der Waals surface area contributed by atoms with Gasteiger partial charge in [0, 0.05) is 19.0 Å². The van der Waals surface area contributed by atoms with Crippen molar-refractivity contribution in [2.75, 3.05) is 19.0 Å². The Kier molecular flexibility index (Phi) is 3.64. The smallest absolute Gasteiger partial charge is 0.342 e. The van der Waals surface area contributed by atoms with Gasteiger partial charge >= 0.3 is 6.18 Å². The van der Waals surface area contributed by atoms with Gasteiger partial charge in [0.1, 0.15) is 6.42 Å². The van der Waals surface area contributed by atoms with Gasteiger partial charge in [0.25, 0.3) is 0 Å². The highest BCUT2D eigenvalue weighted by atomic mass is 35.5. The van der Waals surface area contributed by atoms with E-state index >= 15 is 0 Å². The summed E-state index contributed by atoms with van der Waals surface area (Å²) in [5, 5.41) is 0. The second-order valence-electron chi connectivity index (χ2n) is 3.44. The van der Waals surface area contributed by atoms with Crippen LogP contribution in [0.4, 0.5) is 13.2 Å². The molecule has 1 heterocycles. The Hall–Kier alpha value is -0.450. The lowest BCUT2D eigenvalue weighted by molar-refractivity contribution is -0.160. The Morgan fingerprint density at radius 2 is 2.14 bits per heavy atom. The first-order valence-corrected chi connectivity index (χ1v) is 4.86. The molecular weight excluding hydrogens is 219 g/mol. The zero-order valence-corrected chi connectivity index (χ0v) is 8.24. The second-order valence-corrected chi connectivity index (χ2v) is 3.75. The predicted octanol–water partition coefficient (Wildman–Crippen LogP) is 2.03. The third-order valence-electron chi connectivity index (χ3n) is 2.21. The number of nitrogens with zero attached hydrogens (tertiary/aromatic N) is 1. The van der Waals surface area contributed by atoms with E-state index in [1.54, 1.807) is 0 Å². The molecule has 82 valence electrons. The van der Waals surface area contributed by atoms with Crippen molar-refractivity contribution in [3.05, 3.63) is 0 Å². The van der Waals surface area contributed by atoms with E-state index in [0.717, 1.165) is 0 Å². The van der Waals surface area contributed by atoms with Crippen LogP contribution < -0.4 is 0 Å². The van der Waals surface area contributed by atoms with E-state index in [1.807, 2.05) is 0 Å². The van der Waals surface area contributed by atoms with Gasteiger partial charge in [-0.2, -0.15) is 13.2 Å². The Morgan fingerprint density at radius 3 is 2.57 bits per heavy atom. The highest BCUT2D eigenvalue weighted by Gasteiger charge is 2.35. The van der Waals surface area contributed by atoms with Crippen molar-refractivity contribution in [3.63, 3.8) is 0 Å². The fraction of sp³-hybridized carbons (Fsp3) is 0.875. The van der Waals surface area contributed by atoms with Crippen molar-refractivity contribution < 1.29 is 18.0 Å². The van der Waals surface area contributed by atoms with E-state index in [4.69, 9.17) is 11.6 Å². The minimum Gasteiger partial charge on any atom is -0.342 e. The first kappa shape index (κ1) is 11.6. The molecule has 14 heavy (non-hydrogen) atoms. The monoisotopic (exact) mass is 229 g/mol. The van der Waals surface area contributed by atoms with E-state index in [-0.39, 0.29) is 5.92 Å². The van der Waals surface area contributed by atoms with Crippen LogP contribution in [0.5, 0.6) is 0 Å². The number of carbonyl (C=O) groups is 1. The Bertz CT molecular complexity index is 219. The molecule has 1 unspecified atom stereocenters. The molecule has 1 aliphatic heterocycles. The van der Waals surface area contributed by atoms with E-state index in [9.17, 15) is 18.0 Å². The summed E-state index contributed by atoms with van der Waals surface area (Å²) in [4.78, 5) is 12.3. The third-order valence-corrected chi connectivity index (χ3v) is 2.64. The van der Waals surface area contributed by atoms with E-state index in [0.29, 0.717) is 25.4 Å². The lowest BCUT2D eigenvalue weighted by Gasteiger charge is -2.16. The number of halogens is 4. The van der Waals surface area contributed by atoms with Gasteiger partial charge in [-0.3, -0.25) is 4.79 Å². The van der Waals surface area contributed by atoms with Crippen LogP contribution >= 0.6 is 11.6 Å². The number of rotatable bonds is 2. The molecule has 0 N–H and O–H groups in total. The fourth-order valence-corrected chi connectivity index (χ4v) is 1.72. The van der Waals surface area contributed by atoms with Gasteiger partial charge in [-0.25, -0.2) is 0 Å². The van der Waals surface area contributed by atoms with Crippen molar-refractivity contribution in [1.82, 2.24) is 4.90 Å². The number of amides is 1. The molecule has 1 atom stereocenters. The maximum absolute atomic E-state index is 11.9. The minimum absolute atomic E-state index is 0.147. The molecule has 1 fully saturated rings. The summed E-state index contributed by atoms with van der Waals surface area (Å²) in [7, 11) is 0. The molecule has 1 rings (SSSR count). The van der Waals surface area contributed by atoms with Crippen LogP contribution in [-0.4, -0.2) is 36.0 Å². The number of likely N-dealkylation sites (tertiary alicyclic amines) is 1. The fourth-order valence-electron chi connectivity index (χ4n) is 1.47. The first-order chi connectivity index (χ1) is 6.42. The average molecular weight is 230 g/mol. The van der Waals surface area contributed by atoms with Gasteiger partial charge < -0.3 is 4.90 Å². The molecule has 0 spiro atoms. The average Bonchev–Trinajstić information content (AvgIpc) is 2.48. The zero-order valence-electron chi connectivity index (χ0n) is 7.48. The van der Waals surface area contributed by atoms with Crippen LogP contribution in [0.25, 0.3) is 0 Å². The van der Waals surface area contributed by atoms with Gasteiger partial charge in [-0.15, -0.1) is 11.6 Å². The molecule has 0 aromatic rings. The first-order valence-electron chi connectivity index (χ1n) is 4.33. The van der Waals surface area contributed by atoms with Crippen LogP contribution in [0.1, 0.15) is 12.8 Å². The molecule has 0 saturated carbocycles. The van der Waals surface area contributed by atoms with Gasteiger partial charge in [-0.1, -0.05) is 0 Å². The number of carbonyl (C=O) groups excluding carboxylic acids is 1. The predicted molar refractivity (Wildman–Crippen MR) is 46.1 cm³/mol. The number of hydrogen-bond acceptors (Lipinski definition) is 1. The summed E-state index contributed by atoms with van der Waals surface area (Å²) in [5.74, 6) is -0.297. The minimum atomic E-state index is -4.41. The summed E-state index contributed by atoms with van der Waals surface area (Å²) in [6.07, 6.45) is -5.06. The lowest BCUT2D eigenvalue weighted by atomic mass is 10.2. The highest BCUT2D eigenvalue weighted by molar-refractivity contribution is 6.18. The van der Waals surface area contributed by atoms with Crippen molar-refractivity contribution in [2.45, 2.75) is 19.0 Å². The van der Waals surface area contributed by atoms with E-state index in [1.165, 1.54) is 4.90 Å². The molecule has 0 bridgehead atoms. The van der Waals surface area contributed by atoms with Crippen molar-refractivity contribution >= 4 is 17.5 Å². The summed E-state index contributed by atoms with van der Waals surface area (Å²) in [6.45, 7) is 0.755. The van der Waals surface area contributed by atoms with Crippen LogP contribution in [0, 0.1) is 5.92 Å². The summed E-state index contributed by atoms with van der Waals surface area (Å²) in [6, 6.07) is 0. The molecule has 0 aliphatic carbocycles. The molecule has 6 heteroatoms. The topological polar surface area (TPSA) is 20.3 Å². The maximum atomic E-state index is 11.9. The van der Waals surface area contributed by atoms with Gasteiger partial charge in [-0.05, 0) is 12.3 Å². The molecular formula is C8H11ClF3NO. The zero-order chi connectivity index (χ0) is 10.8. The summed E-state index contributed by atoms with van der Waals surface area (Å²) >= 11 is 5.55. The van der Waals surface area contributed by atoms with Crippen molar-refractivity contribution in [3.8, 4) is 0 Å². The molecule has 1 saturated heterocycles. The van der Waals surface area contributed by atoms with Crippen molar-refractivity contribution in [1.29, 1.82) is 0 Å². The summed E-state index contributed by atoms with van der Waals surface area (Å²) in [5.41, 5.74) is 0. The summed E-state index contributed by atoms with van der Waals surface area (Å²) < 4.78 is 35.6. The van der Waals surface area contributed by atoms with Crippen LogP contribution in [0.15, 0.2) is 0 Å². The standard InChI is InChI=1S/C8H11ClF3NO/c9-4-6-1-2-13(5-6)7(14)3-8(10,11)12/h6H,1-5H2. The van der Waals surface area contributed by atoms with Gasteiger partial charge in [0.15, 0.2) is 0 Å². The largest absolute Gasteiger partial charge is 0.397 e. The molecule has 0 radical (unpaired) electrons. The van der Waals surface area contributed by atoms with E-state index < -0.39 is 18.5 Å². The van der Waals surface area contributed by atoms with Crippen LogP contribution in [-0.2, 0) is 4.79 Å². The number of hydrogen-bond donors (Lipinski definition) is 0. The Balaban J connectivity index is 2.40. The molecule has 0 aromatic heterocycles. The third kappa shape index (κ3) is 3.36. The number of alkyl halides is 4. The van der Waals surface area contributed by atoms with Crippen molar-refractivity contribution in [2.24, 2.45) is 5.92 Å². The molecule has 0 aromatic carbocycles.